The third-order valence-electron chi connectivity index (χ3n) is 3.27. The maximum atomic E-state index is 12.4. The van der Waals surface area contributed by atoms with Gasteiger partial charge in [-0.3, -0.25) is 4.79 Å². The van der Waals surface area contributed by atoms with Gasteiger partial charge in [0.1, 0.15) is 5.75 Å². The number of rotatable bonds is 3. The summed E-state index contributed by atoms with van der Waals surface area (Å²) in [6, 6.07) is 4.74. The van der Waals surface area contributed by atoms with Crippen molar-refractivity contribution in [2.24, 2.45) is 0 Å². The van der Waals surface area contributed by atoms with Gasteiger partial charge in [-0.25, -0.2) is 0 Å². The molecule has 0 bridgehead atoms. The van der Waals surface area contributed by atoms with Crippen LogP contribution in [-0.4, -0.2) is 41.6 Å². The molecule has 0 aliphatic carbocycles. The van der Waals surface area contributed by atoms with E-state index < -0.39 is 0 Å². The molecule has 2 rings (SSSR count). The molecule has 0 spiro atoms. The lowest BCUT2D eigenvalue weighted by atomic mass is 10.1. The molecule has 2 N–H and O–H groups in total. The second kappa shape index (κ2) is 5.59. The minimum Gasteiger partial charge on any atom is -0.507 e. The Kier molecular flexibility index (Phi) is 4.09. The Hall–Kier alpha value is -1.26. The number of phenolic OH excluding ortho intramolecular Hbond substituents is 1. The van der Waals surface area contributed by atoms with Gasteiger partial charge in [0.05, 0.1) is 5.56 Å². The standard InChI is InChI=1S/C13H17ClN2O2/c1-2-16(10-5-6-15-8-10)13(18)11-7-9(14)3-4-12(11)17/h3-4,7,10,15,17H,2,5-6,8H2,1H3. The van der Waals surface area contributed by atoms with Crippen LogP contribution in [0.3, 0.4) is 0 Å². The van der Waals surface area contributed by atoms with Crippen molar-refractivity contribution in [3.05, 3.63) is 28.8 Å². The molecular weight excluding hydrogens is 252 g/mol. The summed E-state index contributed by atoms with van der Waals surface area (Å²) in [5.74, 6) is -0.181. The Balaban J connectivity index is 2.25. The van der Waals surface area contributed by atoms with Gasteiger partial charge in [-0.1, -0.05) is 11.6 Å². The Morgan fingerprint density at radius 2 is 2.39 bits per heavy atom. The third-order valence-corrected chi connectivity index (χ3v) is 3.50. The first-order chi connectivity index (χ1) is 8.63. The number of likely N-dealkylation sites (N-methyl/N-ethyl adjacent to an activating group) is 1. The van der Waals surface area contributed by atoms with E-state index in [1.807, 2.05) is 6.92 Å². The fourth-order valence-corrected chi connectivity index (χ4v) is 2.48. The van der Waals surface area contributed by atoms with Crippen LogP contribution in [0.1, 0.15) is 23.7 Å². The fourth-order valence-electron chi connectivity index (χ4n) is 2.31. The second-order valence-corrected chi connectivity index (χ2v) is 4.84. The quantitative estimate of drug-likeness (QED) is 0.880. The topological polar surface area (TPSA) is 52.6 Å². The average Bonchev–Trinajstić information content (AvgIpc) is 2.87. The molecule has 0 radical (unpaired) electrons. The van der Waals surface area contributed by atoms with Crippen molar-refractivity contribution in [2.45, 2.75) is 19.4 Å². The molecule has 1 amide bonds. The van der Waals surface area contributed by atoms with E-state index >= 15 is 0 Å². The number of carbonyl (C=O) groups is 1. The number of carbonyl (C=O) groups excluding carboxylic acids is 1. The van der Waals surface area contributed by atoms with Crippen LogP contribution in [0.4, 0.5) is 0 Å². The Morgan fingerprint density at radius 1 is 1.61 bits per heavy atom. The average molecular weight is 269 g/mol. The Morgan fingerprint density at radius 3 is 3.00 bits per heavy atom. The largest absolute Gasteiger partial charge is 0.507 e. The highest BCUT2D eigenvalue weighted by molar-refractivity contribution is 6.31. The molecule has 1 aromatic carbocycles. The van der Waals surface area contributed by atoms with Gasteiger partial charge in [0.2, 0.25) is 0 Å². The van der Waals surface area contributed by atoms with Crippen molar-refractivity contribution in [3.63, 3.8) is 0 Å². The summed E-state index contributed by atoms with van der Waals surface area (Å²) >= 11 is 5.87. The summed E-state index contributed by atoms with van der Waals surface area (Å²) in [7, 11) is 0. The van der Waals surface area contributed by atoms with E-state index in [0.717, 1.165) is 19.5 Å². The molecule has 1 heterocycles. The van der Waals surface area contributed by atoms with Gasteiger partial charge in [-0.05, 0) is 38.1 Å². The first-order valence-corrected chi connectivity index (χ1v) is 6.51. The van der Waals surface area contributed by atoms with Crippen molar-refractivity contribution in [1.82, 2.24) is 10.2 Å². The highest BCUT2D eigenvalue weighted by atomic mass is 35.5. The van der Waals surface area contributed by atoms with Crippen LogP contribution in [0, 0.1) is 0 Å². The van der Waals surface area contributed by atoms with Crippen molar-refractivity contribution in [1.29, 1.82) is 0 Å². The maximum Gasteiger partial charge on any atom is 0.257 e. The van der Waals surface area contributed by atoms with Crippen molar-refractivity contribution >= 4 is 17.5 Å². The molecule has 1 unspecified atom stereocenters. The van der Waals surface area contributed by atoms with Crippen LogP contribution in [0.15, 0.2) is 18.2 Å². The van der Waals surface area contributed by atoms with Gasteiger partial charge in [-0.15, -0.1) is 0 Å². The van der Waals surface area contributed by atoms with Gasteiger partial charge < -0.3 is 15.3 Å². The normalized spacial score (nSPS) is 18.9. The number of nitrogens with zero attached hydrogens (tertiary/aromatic N) is 1. The van der Waals surface area contributed by atoms with Crippen LogP contribution in [0.5, 0.6) is 5.75 Å². The smallest absolute Gasteiger partial charge is 0.257 e. The first-order valence-electron chi connectivity index (χ1n) is 6.13. The maximum absolute atomic E-state index is 12.4. The van der Waals surface area contributed by atoms with Crippen LogP contribution in [-0.2, 0) is 0 Å². The van der Waals surface area contributed by atoms with Gasteiger partial charge >= 0.3 is 0 Å². The van der Waals surface area contributed by atoms with E-state index in [9.17, 15) is 9.90 Å². The molecule has 18 heavy (non-hydrogen) atoms. The molecule has 98 valence electrons. The van der Waals surface area contributed by atoms with E-state index in [1.165, 1.54) is 12.1 Å². The fraction of sp³-hybridized carbons (Fsp3) is 0.462. The van der Waals surface area contributed by atoms with E-state index in [1.54, 1.807) is 11.0 Å². The van der Waals surface area contributed by atoms with Gasteiger partial charge in [0, 0.05) is 24.2 Å². The number of amides is 1. The number of phenols is 1. The molecule has 1 aromatic rings. The zero-order valence-corrected chi connectivity index (χ0v) is 11.1. The first kappa shape index (κ1) is 13.2. The number of benzene rings is 1. The zero-order chi connectivity index (χ0) is 13.1. The highest BCUT2D eigenvalue weighted by Crippen LogP contribution is 2.24. The van der Waals surface area contributed by atoms with Gasteiger partial charge in [-0.2, -0.15) is 0 Å². The number of halogens is 1. The summed E-state index contributed by atoms with van der Waals surface area (Å²) in [6.07, 6.45) is 0.945. The molecule has 1 aliphatic heterocycles. The molecule has 1 atom stereocenters. The molecule has 1 saturated heterocycles. The molecule has 0 saturated carbocycles. The van der Waals surface area contributed by atoms with Crippen LogP contribution in [0.25, 0.3) is 0 Å². The van der Waals surface area contributed by atoms with Crippen LogP contribution < -0.4 is 5.32 Å². The van der Waals surface area contributed by atoms with E-state index in [0.29, 0.717) is 11.6 Å². The monoisotopic (exact) mass is 268 g/mol. The predicted molar refractivity (Wildman–Crippen MR) is 71.1 cm³/mol. The number of aromatic hydroxyl groups is 1. The summed E-state index contributed by atoms with van der Waals surface area (Å²) in [4.78, 5) is 14.2. The van der Waals surface area contributed by atoms with Gasteiger partial charge in [0.25, 0.3) is 5.91 Å². The lowest BCUT2D eigenvalue weighted by Crippen LogP contribution is -2.41. The zero-order valence-electron chi connectivity index (χ0n) is 10.3. The van der Waals surface area contributed by atoms with E-state index in [2.05, 4.69) is 5.32 Å². The SMILES string of the molecule is CCN(C(=O)c1cc(Cl)ccc1O)C1CCNC1. The van der Waals surface area contributed by atoms with Gasteiger partial charge in [0.15, 0.2) is 0 Å². The van der Waals surface area contributed by atoms with Crippen molar-refractivity contribution in [2.75, 3.05) is 19.6 Å². The third kappa shape index (κ3) is 2.60. The minimum absolute atomic E-state index is 0.0196. The van der Waals surface area contributed by atoms with E-state index in [-0.39, 0.29) is 23.3 Å². The molecule has 1 fully saturated rings. The number of hydrogen-bond acceptors (Lipinski definition) is 3. The van der Waals surface area contributed by atoms with Crippen LogP contribution >= 0.6 is 11.6 Å². The molecule has 5 heteroatoms. The summed E-state index contributed by atoms with van der Waals surface area (Å²) < 4.78 is 0. The van der Waals surface area contributed by atoms with E-state index in [4.69, 9.17) is 11.6 Å². The summed E-state index contributed by atoms with van der Waals surface area (Å²) in [6.45, 7) is 4.30. The number of hydrogen-bond donors (Lipinski definition) is 2. The summed E-state index contributed by atoms with van der Waals surface area (Å²) in [5.41, 5.74) is 0.274. The summed E-state index contributed by atoms with van der Waals surface area (Å²) in [5, 5.41) is 13.5. The van der Waals surface area contributed by atoms with Crippen molar-refractivity contribution in [3.8, 4) is 5.75 Å². The second-order valence-electron chi connectivity index (χ2n) is 4.40. The molecule has 0 aromatic heterocycles. The van der Waals surface area contributed by atoms with Crippen molar-refractivity contribution < 1.29 is 9.90 Å². The molecule has 1 aliphatic rings. The van der Waals surface area contributed by atoms with Crippen LogP contribution in [0.2, 0.25) is 5.02 Å². The predicted octanol–water partition coefficient (Wildman–Crippen LogP) is 1.87. The Bertz CT molecular complexity index is 445. The Labute approximate surface area is 112 Å². The lowest BCUT2D eigenvalue weighted by molar-refractivity contribution is 0.0700. The minimum atomic E-state index is -0.161. The molecular formula is C13H17ClN2O2. The lowest BCUT2D eigenvalue weighted by Gasteiger charge is -2.27. The number of nitrogens with one attached hydrogen (secondary N) is 1. The molecule has 4 nitrogen and oxygen atoms in total. The highest BCUT2D eigenvalue weighted by Gasteiger charge is 2.27.